The van der Waals surface area contributed by atoms with Crippen molar-refractivity contribution in [3.05, 3.63) is 0 Å². The van der Waals surface area contributed by atoms with Crippen LogP contribution >= 0.6 is 0 Å². The Morgan fingerprint density at radius 3 is 1.37 bits per heavy atom. The Hall–Kier alpha value is 0.0969. The van der Waals surface area contributed by atoms with E-state index in [1.807, 2.05) is 0 Å². The van der Waals surface area contributed by atoms with E-state index in [0.717, 1.165) is 12.5 Å². The van der Waals surface area contributed by atoms with Crippen molar-refractivity contribution in [2.24, 2.45) is 5.92 Å². The predicted octanol–water partition coefficient (Wildman–Crippen LogP) is 4.64. The lowest BCUT2D eigenvalue weighted by molar-refractivity contribution is 0.00217. The van der Waals surface area contributed by atoms with Crippen LogP contribution in [0.1, 0.15) is 68.2 Å². The van der Waals surface area contributed by atoms with Crippen molar-refractivity contribution in [1.29, 1.82) is 0 Å². The van der Waals surface area contributed by atoms with Crippen LogP contribution in [0.5, 0.6) is 0 Å². The van der Waals surface area contributed by atoms with Gasteiger partial charge >= 0.3 is 8.80 Å². The Morgan fingerprint density at radius 2 is 1.11 bits per heavy atom. The Bertz CT molecular complexity index is 203. The van der Waals surface area contributed by atoms with Crippen LogP contribution in [0.3, 0.4) is 0 Å². The standard InChI is InChI=1S/C15H34O3Si/c1-9-15(8)10-11-19(16-12(2)3,17-13(4)5)18-14(6)7/h12-15H,9-11H2,1-8H3. The van der Waals surface area contributed by atoms with Gasteiger partial charge in [0.25, 0.3) is 0 Å². The third-order valence-corrected chi connectivity index (χ3v) is 6.28. The van der Waals surface area contributed by atoms with Gasteiger partial charge in [-0.25, -0.2) is 0 Å². The SMILES string of the molecule is CCC(C)CC[Si](OC(C)C)(OC(C)C)OC(C)C. The molecule has 0 aromatic rings. The lowest BCUT2D eigenvalue weighted by Crippen LogP contribution is -2.50. The van der Waals surface area contributed by atoms with E-state index >= 15 is 0 Å². The largest absolute Gasteiger partial charge is 0.501 e. The quantitative estimate of drug-likeness (QED) is 0.549. The molecule has 0 rings (SSSR count). The summed E-state index contributed by atoms with van der Waals surface area (Å²) in [6.45, 7) is 16.8. The summed E-state index contributed by atoms with van der Waals surface area (Å²) in [6, 6.07) is 0.913. The van der Waals surface area contributed by atoms with Crippen LogP contribution in [0.4, 0.5) is 0 Å². The molecule has 0 aliphatic carbocycles. The van der Waals surface area contributed by atoms with Crippen LogP contribution in [-0.2, 0) is 13.3 Å². The predicted molar refractivity (Wildman–Crippen MR) is 83.3 cm³/mol. The highest BCUT2D eigenvalue weighted by Crippen LogP contribution is 2.26. The number of hydrogen-bond donors (Lipinski definition) is 0. The molecule has 0 aliphatic rings. The third-order valence-electron chi connectivity index (χ3n) is 2.89. The van der Waals surface area contributed by atoms with E-state index in [2.05, 4.69) is 55.4 Å². The minimum Gasteiger partial charge on any atom is -0.371 e. The molecule has 116 valence electrons. The topological polar surface area (TPSA) is 27.7 Å². The maximum absolute atomic E-state index is 6.15. The highest BCUT2D eigenvalue weighted by atomic mass is 28.4. The minimum atomic E-state index is -2.56. The van der Waals surface area contributed by atoms with Crippen molar-refractivity contribution in [1.82, 2.24) is 0 Å². The van der Waals surface area contributed by atoms with Gasteiger partial charge < -0.3 is 13.3 Å². The summed E-state index contributed by atoms with van der Waals surface area (Å²) >= 11 is 0. The summed E-state index contributed by atoms with van der Waals surface area (Å²) in [5, 5.41) is 0. The van der Waals surface area contributed by atoms with E-state index in [4.69, 9.17) is 13.3 Å². The van der Waals surface area contributed by atoms with E-state index in [0.29, 0.717) is 5.92 Å². The normalized spacial score (nSPS) is 14.7. The molecule has 0 aromatic heterocycles. The molecular formula is C15H34O3Si. The molecule has 0 aromatic carbocycles. The van der Waals surface area contributed by atoms with Gasteiger partial charge in [0, 0.05) is 24.4 Å². The molecule has 0 amide bonds. The monoisotopic (exact) mass is 290 g/mol. The molecule has 1 unspecified atom stereocenters. The zero-order valence-corrected chi connectivity index (χ0v) is 15.2. The van der Waals surface area contributed by atoms with Crippen LogP contribution in [0.15, 0.2) is 0 Å². The summed E-state index contributed by atoms with van der Waals surface area (Å²) in [5.41, 5.74) is 0. The zero-order chi connectivity index (χ0) is 15.1. The van der Waals surface area contributed by atoms with Crippen molar-refractivity contribution in [3.8, 4) is 0 Å². The highest BCUT2D eigenvalue weighted by Gasteiger charge is 2.43. The van der Waals surface area contributed by atoms with E-state index in [1.165, 1.54) is 6.42 Å². The lowest BCUT2D eigenvalue weighted by atomic mass is 10.1. The Morgan fingerprint density at radius 1 is 0.737 bits per heavy atom. The van der Waals surface area contributed by atoms with Crippen LogP contribution in [-0.4, -0.2) is 27.1 Å². The maximum atomic E-state index is 6.15. The van der Waals surface area contributed by atoms with E-state index < -0.39 is 8.80 Å². The first-order valence-electron chi connectivity index (χ1n) is 7.74. The summed E-state index contributed by atoms with van der Waals surface area (Å²) < 4.78 is 18.4. The summed E-state index contributed by atoms with van der Waals surface area (Å²) in [4.78, 5) is 0. The molecule has 3 nitrogen and oxygen atoms in total. The maximum Gasteiger partial charge on any atom is 0.501 e. The fourth-order valence-corrected chi connectivity index (χ4v) is 5.49. The van der Waals surface area contributed by atoms with E-state index in [-0.39, 0.29) is 18.3 Å². The minimum absolute atomic E-state index is 0.140. The molecular weight excluding hydrogens is 256 g/mol. The molecule has 0 spiro atoms. The van der Waals surface area contributed by atoms with Crippen LogP contribution < -0.4 is 0 Å². The van der Waals surface area contributed by atoms with Crippen molar-refractivity contribution < 1.29 is 13.3 Å². The molecule has 0 saturated carbocycles. The van der Waals surface area contributed by atoms with Gasteiger partial charge in [0.2, 0.25) is 0 Å². The fraction of sp³-hybridized carbons (Fsp3) is 1.00. The summed E-state index contributed by atoms with van der Waals surface area (Å²) in [7, 11) is -2.56. The van der Waals surface area contributed by atoms with Gasteiger partial charge in [-0.1, -0.05) is 20.3 Å². The van der Waals surface area contributed by atoms with Crippen LogP contribution in [0.25, 0.3) is 0 Å². The average Bonchev–Trinajstić information content (AvgIpc) is 2.22. The van der Waals surface area contributed by atoms with Crippen LogP contribution in [0, 0.1) is 5.92 Å². The molecule has 0 bridgehead atoms. The van der Waals surface area contributed by atoms with Gasteiger partial charge in [0.05, 0.1) is 0 Å². The molecule has 0 N–H and O–H groups in total. The molecule has 0 radical (unpaired) electrons. The Kier molecular flexibility index (Phi) is 9.16. The molecule has 19 heavy (non-hydrogen) atoms. The Labute approximate surface area is 121 Å². The second-order valence-electron chi connectivity index (χ2n) is 6.23. The zero-order valence-electron chi connectivity index (χ0n) is 14.2. The van der Waals surface area contributed by atoms with Gasteiger partial charge in [-0.2, -0.15) is 0 Å². The first-order chi connectivity index (χ1) is 8.70. The molecule has 0 heterocycles. The van der Waals surface area contributed by atoms with Gasteiger partial charge in [0.1, 0.15) is 0 Å². The number of rotatable bonds is 10. The van der Waals surface area contributed by atoms with Gasteiger partial charge in [-0.15, -0.1) is 0 Å². The lowest BCUT2D eigenvalue weighted by Gasteiger charge is -2.35. The third kappa shape index (κ3) is 8.79. The summed E-state index contributed by atoms with van der Waals surface area (Å²) in [6.07, 6.45) is 2.72. The van der Waals surface area contributed by atoms with Gasteiger partial charge in [-0.3, -0.25) is 0 Å². The van der Waals surface area contributed by atoms with Gasteiger partial charge in [0.15, 0.2) is 0 Å². The van der Waals surface area contributed by atoms with Crippen molar-refractivity contribution in [2.75, 3.05) is 0 Å². The smallest absolute Gasteiger partial charge is 0.371 e. The van der Waals surface area contributed by atoms with Crippen molar-refractivity contribution in [2.45, 2.75) is 92.6 Å². The number of hydrogen-bond acceptors (Lipinski definition) is 3. The second-order valence-corrected chi connectivity index (χ2v) is 8.81. The second kappa shape index (κ2) is 9.11. The first kappa shape index (κ1) is 19.1. The molecule has 1 atom stereocenters. The molecule has 0 saturated heterocycles. The first-order valence-corrected chi connectivity index (χ1v) is 9.67. The molecule has 4 heteroatoms. The molecule has 0 aliphatic heterocycles. The van der Waals surface area contributed by atoms with Crippen LogP contribution in [0.2, 0.25) is 6.04 Å². The van der Waals surface area contributed by atoms with E-state index in [1.54, 1.807) is 0 Å². The average molecular weight is 291 g/mol. The van der Waals surface area contributed by atoms with Crippen molar-refractivity contribution >= 4 is 8.80 Å². The Balaban J connectivity index is 4.87. The van der Waals surface area contributed by atoms with Crippen molar-refractivity contribution in [3.63, 3.8) is 0 Å². The molecule has 0 fully saturated rings. The fourth-order valence-electron chi connectivity index (χ4n) is 1.96. The highest BCUT2D eigenvalue weighted by molar-refractivity contribution is 6.60. The summed E-state index contributed by atoms with van der Waals surface area (Å²) in [5.74, 6) is 0.689. The van der Waals surface area contributed by atoms with E-state index in [9.17, 15) is 0 Å². The van der Waals surface area contributed by atoms with Gasteiger partial charge in [-0.05, 0) is 53.9 Å².